The number of aromatic amines is 1. The van der Waals surface area contributed by atoms with Gasteiger partial charge in [0.2, 0.25) is 5.76 Å². The highest BCUT2D eigenvalue weighted by molar-refractivity contribution is 5.91. The van der Waals surface area contributed by atoms with E-state index in [0.717, 1.165) is 22.5 Å². The molecule has 4 rings (SSSR count). The molecule has 128 valence electrons. The van der Waals surface area contributed by atoms with Crippen LogP contribution in [0.5, 0.6) is 0 Å². The van der Waals surface area contributed by atoms with Gasteiger partial charge < -0.3 is 14.9 Å². The van der Waals surface area contributed by atoms with Crippen molar-refractivity contribution in [2.24, 2.45) is 5.92 Å². The number of nitrogens with one attached hydrogen (secondary N) is 2. The highest BCUT2D eigenvalue weighted by atomic mass is 16.5. The third kappa shape index (κ3) is 3.06. The predicted molar refractivity (Wildman–Crippen MR) is 90.0 cm³/mol. The molecule has 1 saturated carbocycles. The third-order valence-corrected chi connectivity index (χ3v) is 4.63. The fraction of sp³-hybridized carbons (Fsp3) is 0.278. The van der Waals surface area contributed by atoms with E-state index in [9.17, 15) is 14.7 Å². The number of para-hydroxylation sites is 1. The molecule has 1 aliphatic carbocycles. The molecule has 1 fully saturated rings. The van der Waals surface area contributed by atoms with Crippen molar-refractivity contribution in [3.63, 3.8) is 0 Å². The lowest BCUT2D eigenvalue weighted by Crippen LogP contribution is -2.41. The van der Waals surface area contributed by atoms with E-state index in [2.05, 4.69) is 15.5 Å². The zero-order chi connectivity index (χ0) is 17.4. The first-order chi connectivity index (χ1) is 12.1. The average Bonchev–Trinajstić information content (AvgIpc) is 3.03. The van der Waals surface area contributed by atoms with Crippen molar-refractivity contribution in [1.29, 1.82) is 0 Å². The fourth-order valence-corrected chi connectivity index (χ4v) is 3.24. The molecular weight excluding hydrogens is 322 g/mol. The second kappa shape index (κ2) is 6.18. The van der Waals surface area contributed by atoms with Crippen molar-refractivity contribution < 1.29 is 14.4 Å². The van der Waals surface area contributed by atoms with E-state index >= 15 is 0 Å². The topological polar surface area (TPSA) is 108 Å². The quantitative estimate of drug-likeness (QED) is 0.671. The number of hydrogen-bond acceptors (Lipinski definition) is 5. The fourth-order valence-electron chi connectivity index (χ4n) is 3.24. The Hall–Kier alpha value is -2.93. The maximum absolute atomic E-state index is 12.4. The molecule has 0 bridgehead atoms. The molecule has 1 aromatic carbocycles. The zero-order valence-corrected chi connectivity index (χ0v) is 13.3. The van der Waals surface area contributed by atoms with Crippen LogP contribution in [0.4, 0.5) is 0 Å². The van der Waals surface area contributed by atoms with E-state index in [1.165, 1.54) is 0 Å². The van der Waals surface area contributed by atoms with Crippen molar-refractivity contribution in [1.82, 2.24) is 15.5 Å². The van der Waals surface area contributed by atoms with Crippen LogP contribution in [0.3, 0.4) is 0 Å². The third-order valence-electron chi connectivity index (χ3n) is 4.63. The van der Waals surface area contributed by atoms with Gasteiger partial charge in [-0.1, -0.05) is 18.2 Å². The highest BCUT2D eigenvalue weighted by Gasteiger charge is 2.36. The van der Waals surface area contributed by atoms with E-state index < -0.39 is 11.5 Å². The van der Waals surface area contributed by atoms with E-state index in [1.807, 2.05) is 30.3 Å². The molecule has 0 radical (unpaired) electrons. The highest BCUT2D eigenvalue weighted by Crippen LogP contribution is 2.38. The standard InChI is InChI=1S/C18H17N3O4/c22-13-6-11(7-13)17(20-18(24)15-8-16(23)21-25-15)12-5-10-3-1-2-4-14(10)19-9-12/h1-5,8-9,11,13,17,22H,6-7H2,(H,20,24)(H,21,23)/t11?,13?,17-/m1/s1. The van der Waals surface area contributed by atoms with Crippen molar-refractivity contribution in [3.8, 4) is 0 Å². The second-order valence-corrected chi connectivity index (χ2v) is 6.37. The molecule has 7 heteroatoms. The number of amides is 1. The molecular formula is C18H17N3O4. The minimum Gasteiger partial charge on any atom is -0.393 e. The Balaban J connectivity index is 1.65. The number of aromatic nitrogens is 2. The van der Waals surface area contributed by atoms with Crippen LogP contribution in [-0.2, 0) is 0 Å². The molecule has 0 spiro atoms. The van der Waals surface area contributed by atoms with Crippen LogP contribution < -0.4 is 10.9 Å². The number of rotatable bonds is 4. The molecule has 3 aromatic rings. The van der Waals surface area contributed by atoms with Gasteiger partial charge in [0.1, 0.15) is 0 Å². The molecule has 1 atom stereocenters. The van der Waals surface area contributed by atoms with Gasteiger partial charge >= 0.3 is 0 Å². The Kier molecular flexibility index (Phi) is 3.85. The van der Waals surface area contributed by atoms with Crippen LogP contribution in [0.1, 0.15) is 35.0 Å². The van der Waals surface area contributed by atoms with Crippen molar-refractivity contribution in [3.05, 3.63) is 64.3 Å². The smallest absolute Gasteiger partial charge is 0.290 e. The van der Waals surface area contributed by atoms with Crippen molar-refractivity contribution >= 4 is 16.8 Å². The monoisotopic (exact) mass is 339 g/mol. The number of carbonyl (C=O) groups is 1. The average molecular weight is 339 g/mol. The minimum absolute atomic E-state index is 0.0661. The SMILES string of the molecule is O=C(N[C@@H](c1cnc2ccccc2c1)C1CC(O)C1)c1cc(=O)[nH]o1. The number of nitrogens with zero attached hydrogens (tertiary/aromatic N) is 1. The molecule has 3 N–H and O–H groups in total. The summed E-state index contributed by atoms with van der Waals surface area (Å²) >= 11 is 0. The maximum Gasteiger partial charge on any atom is 0.290 e. The lowest BCUT2D eigenvalue weighted by Gasteiger charge is -2.38. The molecule has 2 heterocycles. The Morgan fingerprint density at radius 1 is 1.32 bits per heavy atom. The van der Waals surface area contributed by atoms with E-state index in [-0.39, 0.29) is 23.8 Å². The predicted octanol–water partition coefficient (Wildman–Crippen LogP) is 1.76. The number of H-pyrrole nitrogens is 1. The van der Waals surface area contributed by atoms with Gasteiger partial charge in [-0.05, 0) is 36.5 Å². The Bertz CT molecular complexity index is 971. The number of fused-ring (bicyclic) bond motifs is 1. The summed E-state index contributed by atoms with van der Waals surface area (Å²) in [5, 5.41) is 15.6. The van der Waals surface area contributed by atoms with Gasteiger partial charge in [0.15, 0.2) is 0 Å². The summed E-state index contributed by atoms with van der Waals surface area (Å²) < 4.78 is 4.87. The lowest BCUT2D eigenvalue weighted by molar-refractivity contribution is 0.0231. The summed E-state index contributed by atoms with van der Waals surface area (Å²) in [5.74, 6) is -0.436. The van der Waals surface area contributed by atoms with E-state index in [0.29, 0.717) is 12.8 Å². The zero-order valence-electron chi connectivity index (χ0n) is 13.3. The Labute approximate surface area is 142 Å². The lowest BCUT2D eigenvalue weighted by atomic mass is 9.75. The number of benzene rings is 1. The number of pyridine rings is 1. The first kappa shape index (κ1) is 15.6. The first-order valence-electron chi connectivity index (χ1n) is 8.12. The second-order valence-electron chi connectivity index (χ2n) is 6.37. The normalized spacial score (nSPS) is 20.8. The number of carbonyl (C=O) groups excluding carboxylic acids is 1. The van der Waals surface area contributed by atoms with Gasteiger partial charge in [0.25, 0.3) is 11.5 Å². The maximum atomic E-state index is 12.4. The van der Waals surface area contributed by atoms with Gasteiger partial charge in [-0.2, -0.15) is 5.16 Å². The molecule has 0 aliphatic heterocycles. The van der Waals surface area contributed by atoms with E-state index in [1.54, 1.807) is 6.20 Å². The molecule has 7 nitrogen and oxygen atoms in total. The summed E-state index contributed by atoms with van der Waals surface area (Å²) in [6.45, 7) is 0. The molecule has 1 aliphatic rings. The molecule has 2 aromatic heterocycles. The minimum atomic E-state index is -0.474. The van der Waals surface area contributed by atoms with Crippen LogP contribution in [0.15, 0.2) is 51.9 Å². The number of aliphatic hydroxyl groups excluding tert-OH is 1. The molecule has 0 unspecified atom stereocenters. The van der Waals surface area contributed by atoms with Crippen molar-refractivity contribution in [2.75, 3.05) is 0 Å². The van der Waals surface area contributed by atoms with Gasteiger partial charge in [0.05, 0.1) is 23.7 Å². The molecule has 0 saturated heterocycles. The first-order valence-corrected chi connectivity index (χ1v) is 8.12. The van der Waals surface area contributed by atoms with Gasteiger partial charge in [-0.3, -0.25) is 14.6 Å². The van der Waals surface area contributed by atoms with E-state index in [4.69, 9.17) is 4.52 Å². The summed E-state index contributed by atoms with van der Waals surface area (Å²) in [7, 11) is 0. The number of aliphatic hydroxyl groups is 1. The summed E-state index contributed by atoms with van der Waals surface area (Å²) in [6, 6.07) is 10.5. The molecule has 1 amide bonds. The van der Waals surface area contributed by atoms with Gasteiger partial charge in [0, 0.05) is 11.6 Å². The molecule has 25 heavy (non-hydrogen) atoms. The van der Waals surface area contributed by atoms with Gasteiger partial charge in [-0.15, -0.1) is 0 Å². The van der Waals surface area contributed by atoms with Crippen LogP contribution in [-0.4, -0.2) is 27.3 Å². The Morgan fingerprint density at radius 2 is 2.12 bits per heavy atom. The largest absolute Gasteiger partial charge is 0.393 e. The van der Waals surface area contributed by atoms with Crippen molar-refractivity contribution in [2.45, 2.75) is 25.0 Å². The summed E-state index contributed by atoms with van der Waals surface area (Å²) in [4.78, 5) is 28.0. The van der Waals surface area contributed by atoms with Crippen LogP contribution >= 0.6 is 0 Å². The Morgan fingerprint density at radius 3 is 2.84 bits per heavy atom. The summed E-state index contributed by atoms with van der Waals surface area (Å²) in [5.41, 5.74) is 1.27. The summed E-state index contributed by atoms with van der Waals surface area (Å²) in [6.07, 6.45) is 2.61. The van der Waals surface area contributed by atoms with Crippen LogP contribution in [0.25, 0.3) is 10.9 Å². The number of hydrogen-bond donors (Lipinski definition) is 3. The van der Waals surface area contributed by atoms with Gasteiger partial charge in [-0.25, -0.2) is 0 Å². The van der Waals surface area contributed by atoms with Crippen LogP contribution in [0, 0.1) is 5.92 Å². The van der Waals surface area contributed by atoms with Crippen LogP contribution in [0.2, 0.25) is 0 Å².